The fourth-order valence-electron chi connectivity index (χ4n) is 2.63. The third-order valence-corrected chi connectivity index (χ3v) is 7.03. The zero-order chi connectivity index (χ0) is 14.2. The van der Waals surface area contributed by atoms with Crippen LogP contribution in [0.15, 0.2) is 16.3 Å². The number of hydrogen-bond acceptors (Lipinski definition) is 5. The van der Waals surface area contributed by atoms with Crippen LogP contribution in [0, 0.1) is 5.92 Å². The van der Waals surface area contributed by atoms with Crippen LogP contribution in [0.25, 0.3) is 0 Å². The molecule has 5 nitrogen and oxygen atoms in total. The predicted octanol–water partition coefficient (Wildman–Crippen LogP) is 0.957. The van der Waals surface area contributed by atoms with Crippen molar-refractivity contribution in [2.24, 2.45) is 5.92 Å². The maximum atomic E-state index is 12.6. The standard InChI is InChI=1S/C13H20N2O3S2/c16-10-12-13(3-8-19-12)20(17,18)15-6-4-14(5-7-15)9-11-1-2-11/h3,8,11,16H,1-2,4-7,9-10H2. The van der Waals surface area contributed by atoms with E-state index in [0.29, 0.717) is 18.0 Å². The van der Waals surface area contributed by atoms with Gasteiger partial charge in [0, 0.05) is 37.6 Å². The molecule has 1 aromatic rings. The van der Waals surface area contributed by atoms with Crippen LogP contribution in [0.2, 0.25) is 0 Å². The van der Waals surface area contributed by atoms with E-state index in [4.69, 9.17) is 0 Å². The molecule has 1 saturated carbocycles. The number of sulfonamides is 1. The van der Waals surface area contributed by atoms with E-state index in [0.717, 1.165) is 25.6 Å². The Balaban J connectivity index is 1.67. The minimum absolute atomic E-state index is 0.214. The molecule has 0 spiro atoms. The van der Waals surface area contributed by atoms with Gasteiger partial charge in [0.15, 0.2) is 0 Å². The Morgan fingerprint density at radius 1 is 1.25 bits per heavy atom. The van der Waals surface area contributed by atoms with E-state index >= 15 is 0 Å². The molecule has 1 aliphatic carbocycles. The van der Waals surface area contributed by atoms with Gasteiger partial charge in [-0.1, -0.05) is 0 Å². The molecule has 0 aromatic carbocycles. The first kappa shape index (κ1) is 14.5. The van der Waals surface area contributed by atoms with E-state index in [1.165, 1.54) is 24.2 Å². The Hall–Kier alpha value is -0.470. The Kier molecular flexibility index (Phi) is 4.14. The number of aliphatic hydroxyl groups is 1. The van der Waals surface area contributed by atoms with Crippen molar-refractivity contribution in [3.63, 3.8) is 0 Å². The molecule has 0 unspecified atom stereocenters. The third-order valence-electron chi connectivity index (χ3n) is 4.01. The van der Waals surface area contributed by atoms with Gasteiger partial charge in [-0.15, -0.1) is 11.3 Å². The summed E-state index contributed by atoms with van der Waals surface area (Å²) in [6.07, 6.45) is 2.65. The van der Waals surface area contributed by atoms with Crippen molar-refractivity contribution in [1.82, 2.24) is 9.21 Å². The summed E-state index contributed by atoms with van der Waals surface area (Å²) < 4.78 is 26.7. The molecule has 0 amide bonds. The van der Waals surface area contributed by atoms with Crippen LogP contribution >= 0.6 is 11.3 Å². The lowest BCUT2D eigenvalue weighted by Gasteiger charge is -2.34. The molecule has 20 heavy (non-hydrogen) atoms. The fourth-order valence-corrected chi connectivity index (χ4v) is 5.32. The zero-order valence-corrected chi connectivity index (χ0v) is 13.0. The van der Waals surface area contributed by atoms with E-state index < -0.39 is 10.0 Å². The van der Waals surface area contributed by atoms with Crippen molar-refractivity contribution in [3.8, 4) is 0 Å². The highest BCUT2D eigenvalue weighted by Gasteiger charge is 2.32. The maximum Gasteiger partial charge on any atom is 0.244 e. The van der Waals surface area contributed by atoms with E-state index in [-0.39, 0.29) is 11.5 Å². The Morgan fingerprint density at radius 2 is 1.95 bits per heavy atom. The lowest BCUT2D eigenvalue weighted by atomic mass is 10.3. The predicted molar refractivity (Wildman–Crippen MR) is 78.2 cm³/mol. The summed E-state index contributed by atoms with van der Waals surface area (Å²) in [5, 5.41) is 11.0. The van der Waals surface area contributed by atoms with Crippen molar-refractivity contribution < 1.29 is 13.5 Å². The summed E-state index contributed by atoms with van der Waals surface area (Å²) in [4.78, 5) is 3.18. The lowest BCUT2D eigenvalue weighted by Crippen LogP contribution is -2.49. The second-order valence-corrected chi connectivity index (χ2v) is 8.42. The van der Waals surface area contributed by atoms with Gasteiger partial charge in [0.1, 0.15) is 0 Å². The van der Waals surface area contributed by atoms with E-state index in [2.05, 4.69) is 4.90 Å². The van der Waals surface area contributed by atoms with Gasteiger partial charge in [-0.25, -0.2) is 8.42 Å². The molecule has 7 heteroatoms. The maximum absolute atomic E-state index is 12.6. The van der Waals surface area contributed by atoms with Gasteiger partial charge < -0.3 is 10.0 Å². The molecule has 0 bridgehead atoms. The smallest absolute Gasteiger partial charge is 0.244 e. The SMILES string of the molecule is O=S(=O)(c1ccsc1CO)N1CCN(CC2CC2)CC1. The van der Waals surface area contributed by atoms with Crippen molar-refractivity contribution in [3.05, 3.63) is 16.3 Å². The molecule has 0 radical (unpaired) electrons. The lowest BCUT2D eigenvalue weighted by molar-refractivity contribution is 0.182. The first-order chi connectivity index (χ1) is 9.61. The van der Waals surface area contributed by atoms with Crippen molar-refractivity contribution in [2.45, 2.75) is 24.3 Å². The highest BCUT2D eigenvalue weighted by atomic mass is 32.2. The first-order valence-corrected chi connectivity index (χ1v) is 9.33. The van der Waals surface area contributed by atoms with Crippen molar-refractivity contribution in [1.29, 1.82) is 0 Å². The Labute approximate surface area is 123 Å². The highest BCUT2D eigenvalue weighted by Crippen LogP contribution is 2.30. The van der Waals surface area contributed by atoms with Gasteiger partial charge in [0.2, 0.25) is 10.0 Å². The molecular weight excluding hydrogens is 296 g/mol. The Morgan fingerprint density at radius 3 is 2.55 bits per heavy atom. The minimum Gasteiger partial charge on any atom is -0.391 e. The second-order valence-electron chi connectivity index (χ2n) is 5.51. The average molecular weight is 316 g/mol. The number of aliphatic hydroxyl groups excluding tert-OH is 1. The van der Waals surface area contributed by atoms with Crippen LogP contribution in [0.1, 0.15) is 17.7 Å². The van der Waals surface area contributed by atoms with Gasteiger partial charge in [-0.05, 0) is 30.2 Å². The molecular formula is C13H20N2O3S2. The van der Waals surface area contributed by atoms with Crippen molar-refractivity contribution in [2.75, 3.05) is 32.7 Å². The third kappa shape index (κ3) is 2.92. The molecule has 1 aromatic heterocycles. The van der Waals surface area contributed by atoms with Crippen LogP contribution in [0.3, 0.4) is 0 Å². The van der Waals surface area contributed by atoms with Crippen LogP contribution in [-0.2, 0) is 16.6 Å². The summed E-state index contributed by atoms with van der Waals surface area (Å²) in [6.45, 7) is 3.64. The molecule has 3 rings (SSSR count). The Bertz CT molecular complexity index is 558. The normalized spacial score (nSPS) is 22.2. The topological polar surface area (TPSA) is 60.9 Å². The van der Waals surface area contributed by atoms with Gasteiger partial charge in [-0.2, -0.15) is 4.31 Å². The number of rotatable bonds is 5. The number of hydrogen-bond donors (Lipinski definition) is 1. The molecule has 1 N–H and O–H groups in total. The number of nitrogens with zero attached hydrogens (tertiary/aromatic N) is 2. The van der Waals surface area contributed by atoms with Gasteiger partial charge in [0.25, 0.3) is 0 Å². The largest absolute Gasteiger partial charge is 0.391 e. The number of piperazine rings is 1. The first-order valence-electron chi connectivity index (χ1n) is 7.01. The summed E-state index contributed by atoms with van der Waals surface area (Å²) >= 11 is 1.29. The monoisotopic (exact) mass is 316 g/mol. The molecule has 1 saturated heterocycles. The van der Waals surface area contributed by atoms with E-state index in [9.17, 15) is 13.5 Å². The van der Waals surface area contributed by atoms with E-state index in [1.54, 1.807) is 15.8 Å². The quantitative estimate of drug-likeness (QED) is 0.879. The van der Waals surface area contributed by atoms with Gasteiger partial charge in [-0.3, -0.25) is 0 Å². The highest BCUT2D eigenvalue weighted by molar-refractivity contribution is 7.89. The van der Waals surface area contributed by atoms with Crippen LogP contribution in [-0.4, -0.2) is 55.5 Å². The summed E-state index contributed by atoms with van der Waals surface area (Å²) in [5.74, 6) is 0.844. The van der Waals surface area contributed by atoms with Crippen LogP contribution in [0.5, 0.6) is 0 Å². The molecule has 2 aliphatic rings. The fraction of sp³-hybridized carbons (Fsp3) is 0.692. The second kappa shape index (κ2) is 5.73. The average Bonchev–Trinajstić information content (AvgIpc) is 3.12. The van der Waals surface area contributed by atoms with Crippen LogP contribution in [0.4, 0.5) is 0 Å². The molecule has 0 atom stereocenters. The van der Waals surface area contributed by atoms with Crippen molar-refractivity contribution >= 4 is 21.4 Å². The molecule has 2 fully saturated rings. The summed E-state index contributed by atoms with van der Waals surface area (Å²) in [5.41, 5.74) is 0. The molecule has 2 heterocycles. The summed E-state index contributed by atoms with van der Waals surface area (Å²) in [6, 6.07) is 1.60. The van der Waals surface area contributed by atoms with Gasteiger partial charge >= 0.3 is 0 Å². The van der Waals surface area contributed by atoms with Crippen LogP contribution < -0.4 is 0 Å². The minimum atomic E-state index is -3.44. The summed E-state index contributed by atoms with van der Waals surface area (Å²) in [7, 11) is -3.44. The molecule has 112 valence electrons. The van der Waals surface area contributed by atoms with E-state index in [1.807, 2.05) is 0 Å². The zero-order valence-electron chi connectivity index (χ0n) is 11.4. The molecule has 1 aliphatic heterocycles. The van der Waals surface area contributed by atoms with Gasteiger partial charge in [0.05, 0.1) is 11.5 Å². The number of thiophene rings is 1.